The second-order valence-corrected chi connectivity index (χ2v) is 4.70. The Morgan fingerprint density at radius 3 is 2.60 bits per heavy atom. The number of rotatable bonds is 9. The maximum absolute atomic E-state index is 11.8. The molecule has 0 fully saturated rings. The first-order valence-corrected chi connectivity index (χ1v) is 7.49. The third kappa shape index (κ3) is 6.09. The van der Waals surface area contributed by atoms with Gasteiger partial charge >= 0.3 is 0 Å². The number of carbonyl (C=O) groups is 2. The fraction of sp³-hybridized carbons (Fsp3) is 0.400. The lowest BCUT2D eigenvalue weighted by atomic mass is 10.2. The second-order valence-electron chi connectivity index (χ2n) is 4.70. The van der Waals surface area contributed by atoms with Crippen LogP contribution < -0.4 is 10.1 Å². The molecule has 0 saturated heterocycles. The van der Waals surface area contributed by atoms with Crippen LogP contribution in [0.15, 0.2) is 23.4 Å². The van der Waals surface area contributed by atoms with Crippen molar-refractivity contribution >= 4 is 29.4 Å². The molecule has 0 unspecified atom stereocenters. The number of oxime groups is 1. The van der Waals surface area contributed by atoms with Crippen LogP contribution in [0.1, 0.15) is 13.8 Å². The summed E-state index contributed by atoms with van der Waals surface area (Å²) in [7, 11) is 1.32. The van der Waals surface area contributed by atoms with Crippen LogP contribution in [0.2, 0.25) is 0 Å². The molecule has 0 radical (unpaired) electrons. The molecule has 0 aliphatic heterocycles. The average molecular weight is 352 g/mol. The number of nitro benzene ring substituents is 1. The maximum atomic E-state index is 11.8. The molecule has 25 heavy (non-hydrogen) atoms. The Hall–Kier alpha value is -3.17. The molecule has 0 atom stereocenters. The fourth-order valence-electron chi connectivity index (χ4n) is 1.91. The monoisotopic (exact) mass is 352 g/mol. The van der Waals surface area contributed by atoms with Gasteiger partial charge in [0.25, 0.3) is 17.5 Å². The van der Waals surface area contributed by atoms with Gasteiger partial charge in [0, 0.05) is 19.2 Å². The first-order valence-electron chi connectivity index (χ1n) is 7.49. The molecular formula is C15H20N4O6. The number of nitrogens with one attached hydrogen (secondary N) is 1. The molecule has 0 heterocycles. The van der Waals surface area contributed by atoms with E-state index in [9.17, 15) is 19.7 Å². The summed E-state index contributed by atoms with van der Waals surface area (Å²) in [6.45, 7) is 4.53. The minimum atomic E-state index is -0.637. The predicted octanol–water partition coefficient (Wildman–Crippen LogP) is 1.41. The van der Waals surface area contributed by atoms with Gasteiger partial charge < -0.3 is 19.8 Å². The largest absolute Gasteiger partial charge is 0.494 e. The Balaban J connectivity index is 2.59. The highest BCUT2D eigenvalue weighted by atomic mass is 16.6. The molecule has 136 valence electrons. The Bertz CT molecular complexity index is 657. The van der Waals surface area contributed by atoms with Crippen molar-refractivity contribution in [1.29, 1.82) is 0 Å². The summed E-state index contributed by atoms with van der Waals surface area (Å²) < 4.78 is 5.00. The number of benzene rings is 1. The summed E-state index contributed by atoms with van der Waals surface area (Å²) in [6, 6.07) is 3.76. The zero-order valence-corrected chi connectivity index (χ0v) is 14.2. The molecule has 0 aliphatic carbocycles. The van der Waals surface area contributed by atoms with Crippen molar-refractivity contribution < 1.29 is 24.1 Å². The van der Waals surface area contributed by atoms with Crippen LogP contribution in [0.25, 0.3) is 0 Å². The average Bonchev–Trinajstić information content (AvgIpc) is 2.59. The van der Waals surface area contributed by atoms with Gasteiger partial charge in [0.05, 0.1) is 23.8 Å². The van der Waals surface area contributed by atoms with E-state index in [1.807, 2.05) is 13.8 Å². The van der Waals surface area contributed by atoms with E-state index < -0.39 is 10.8 Å². The van der Waals surface area contributed by atoms with Crippen LogP contribution >= 0.6 is 0 Å². The van der Waals surface area contributed by atoms with Gasteiger partial charge in [0.2, 0.25) is 0 Å². The van der Waals surface area contributed by atoms with Crippen molar-refractivity contribution in [3.05, 3.63) is 28.3 Å². The minimum Gasteiger partial charge on any atom is -0.494 e. The van der Waals surface area contributed by atoms with Gasteiger partial charge in [-0.15, -0.1) is 0 Å². The minimum absolute atomic E-state index is 0.133. The molecule has 0 saturated carbocycles. The molecular weight excluding hydrogens is 332 g/mol. The third-order valence-electron chi connectivity index (χ3n) is 3.20. The highest BCUT2D eigenvalue weighted by Crippen LogP contribution is 2.28. The standard InChI is InChI=1S/C15H20N4O6/c1-4-18(5-2)15(21)10-25-16-9-14(20)17-12-7-6-11(19(22)23)8-13(12)24-3/h6-9H,4-5,10H2,1-3H3,(H,17,20)/b16-9-. The number of hydrogen-bond acceptors (Lipinski definition) is 7. The number of nitrogens with zero attached hydrogens (tertiary/aromatic N) is 3. The Morgan fingerprint density at radius 1 is 1.36 bits per heavy atom. The van der Waals surface area contributed by atoms with Gasteiger partial charge in [0.1, 0.15) is 12.0 Å². The highest BCUT2D eigenvalue weighted by Gasteiger charge is 2.13. The number of nitro groups is 1. The zero-order chi connectivity index (χ0) is 18.8. The molecule has 1 aromatic carbocycles. The van der Waals surface area contributed by atoms with Crippen molar-refractivity contribution in [1.82, 2.24) is 4.90 Å². The van der Waals surface area contributed by atoms with E-state index in [1.54, 1.807) is 4.90 Å². The molecule has 10 nitrogen and oxygen atoms in total. The Morgan fingerprint density at radius 2 is 2.04 bits per heavy atom. The second kappa shape index (κ2) is 9.85. The van der Waals surface area contributed by atoms with Crippen molar-refractivity contribution in [2.24, 2.45) is 5.16 Å². The van der Waals surface area contributed by atoms with Crippen LogP contribution in [-0.2, 0) is 14.4 Å². The van der Waals surface area contributed by atoms with Crippen molar-refractivity contribution in [3.63, 3.8) is 0 Å². The molecule has 0 bridgehead atoms. The zero-order valence-electron chi connectivity index (χ0n) is 14.2. The maximum Gasteiger partial charge on any atom is 0.273 e. The van der Waals surface area contributed by atoms with E-state index in [0.717, 1.165) is 6.21 Å². The lowest BCUT2D eigenvalue weighted by Gasteiger charge is -2.17. The van der Waals surface area contributed by atoms with E-state index in [2.05, 4.69) is 10.5 Å². The number of amides is 2. The number of methoxy groups -OCH3 is 1. The fourth-order valence-corrected chi connectivity index (χ4v) is 1.91. The van der Waals surface area contributed by atoms with Crippen LogP contribution in [0.3, 0.4) is 0 Å². The molecule has 2 amide bonds. The molecule has 10 heteroatoms. The van der Waals surface area contributed by atoms with E-state index >= 15 is 0 Å². The van der Waals surface area contributed by atoms with Crippen molar-refractivity contribution in [3.8, 4) is 5.75 Å². The van der Waals surface area contributed by atoms with Gasteiger partial charge in [-0.2, -0.15) is 0 Å². The molecule has 1 rings (SSSR count). The molecule has 1 N–H and O–H groups in total. The van der Waals surface area contributed by atoms with Gasteiger partial charge in [-0.05, 0) is 19.9 Å². The number of likely N-dealkylation sites (N-methyl/N-ethyl adjacent to an activating group) is 1. The summed E-state index contributed by atoms with van der Waals surface area (Å²) >= 11 is 0. The quantitative estimate of drug-likeness (QED) is 0.407. The lowest BCUT2D eigenvalue weighted by molar-refractivity contribution is -0.384. The SMILES string of the molecule is CCN(CC)C(=O)CO/N=C\C(=O)Nc1ccc([N+](=O)[O-])cc1OC. The molecule has 0 aliphatic rings. The van der Waals surface area contributed by atoms with Crippen LogP contribution in [0.5, 0.6) is 5.75 Å². The number of hydrogen-bond donors (Lipinski definition) is 1. The summed E-state index contributed by atoms with van der Waals surface area (Å²) in [4.78, 5) is 39.9. The predicted molar refractivity (Wildman–Crippen MR) is 90.7 cm³/mol. The normalized spacial score (nSPS) is 10.4. The van der Waals surface area contributed by atoms with Crippen LogP contribution in [0.4, 0.5) is 11.4 Å². The number of non-ortho nitro benzene ring substituents is 1. The van der Waals surface area contributed by atoms with E-state index in [0.29, 0.717) is 13.1 Å². The van der Waals surface area contributed by atoms with E-state index in [1.165, 1.54) is 25.3 Å². The first kappa shape index (κ1) is 19.9. The van der Waals surface area contributed by atoms with Gasteiger partial charge in [-0.1, -0.05) is 5.16 Å². The van der Waals surface area contributed by atoms with Crippen molar-refractivity contribution in [2.45, 2.75) is 13.8 Å². The van der Waals surface area contributed by atoms with Gasteiger partial charge in [0.15, 0.2) is 6.61 Å². The lowest BCUT2D eigenvalue weighted by Crippen LogP contribution is -2.33. The summed E-state index contributed by atoms with van der Waals surface area (Å²) in [5.74, 6) is -0.740. The van der Waals surface area contributed by atoms with Crippen molar-refractivity contribution in [2.75, 3.05) is 32.1 Å². The summed E-state index contributed by atoms with van der Waals surface area (Å²) in [5.41, 5.74) is 0.0746. The van der Waals surface area contributed by atoms with Crippen LogP contribution in [-0.4, -0.2) is 54.7 Å². The van der Waals surface area contributed by atoms with E-state index in [-0.39, 0.29) is 29.6 Å². The summed E-state index contributed by atoms with van der Waals surface area (Å²) in [6.07, 6.45) is 0.858. The molecule has 0 aromatic heterocycles. The van der Waals surface area contributed by atoms with E-state index in [4.69, 9.17) is 9.57 Å². The van der Waals surface area contributed by atoms with Gasteiger partial charge in [-0.3, -0.25) is 19.7 Å². The Labute approximate surface area is 144 Å². The first-order chi connectivity index (χ1) is 11.9. The number of carbonyl (C=O) groups excluding carboxylic acids is 2. The molecule has 1 aromatic rings. The molecule has 0 spiro atoms. The smallest absolute Gasteiger partial charge is 0.273 e. The van der Waals surface area contributed by atoms with Crippen LogP contribution in [0, 0.1) is 10.1 Å². The third-order valence-corrected chi connectivity index (χ3v) is 3.20. The van der Waals surface area contributed by atoms with Gasteiger partial charge in [-0.25, -0.2) is 0 Å². The topological polar surface area (TPSA) is 123 Å². The number of anilines is 1. The summed E-state index contributed by atoms with van der Waals surface area (Å²) in [5, 5.41) is 16.6. The highest BCUT2D eigenvalue weighted by molar-refractivity contribution is 6.31. The number of ether oxygens (including phenoxy) is 1. The Kier molecular flexibility index (Phi) is 7.83.